The van der Waals surface area contributed by atoms with Crippen LogP contribution in [-0.2, 0) is 23.8 Å². The topological polar surface area (TPSA) is 94.2 Å². The molecule has 2 amide bonds. The van der Waals surface area contributed by atoms with Gasteiger partial charge in [-0.25, -0.2) is 4.79 Å². The van der Waals surface area contributed by atoms with Gasteiger partial charge in [-0.1, -0.05) is 0 Å². The van der Waals surface area contributed by atoms with Crippen molar-refractivity contribution in [2.45, 2.75) is 78.2 Å². The van der Waals surface area contributed by atoms with Gasteiger partial charge in [-0.15, -0.1) is 0 Å². The zero-order valence-corrected chi connectivity index (χ0v) is 16.9. The fourth-order valence-corrected chi connectivity index (χ4v) is 2.43. The Morgan fingerprint density at radius 2 is 1.77 bits per heavy atom. The average molecular weight is 372 g/mol. The molecule has 1 heterocycles. The maximum atomic E-state index is 12.2. The van der Waals surface area contributed by atoms with Gasteiger partial charge in [0, 0.05) is 13.1 Å². The lowest BCUT2D eigenvalue weighted by Gasteiger charge is -2.34. The molecule has 0 radical (unpaired) electrons. The Morgan fingerprint density at radius 3 is 2.31 bits per heavy atom. The molecule has 26 heavy (non-hydrogen) atoms. The van der Waals surface area contributed by atoms with E-state index in [4.69, 9.17) is 14.2 Å². The third-order valence-corrected chi connectivity index (χ3v) is 3.32. The summed E-state index contributed by atoms with van der Waals surface area (Å²) in [4.78, 5) is 37.9. The summed E-state index contributed by atoms with van der Waals surface area (Å²) < 4.78 is 15.9. The van der Waals surface area contributed by atoms with E-state index in [1.165, 1.54) is 0 Å². The lowest BCUT2D eigenvalue weighted by Crippen LogP contribution is -2.53. The van der Waals surface area contributed by atoms with Crippen LogP contribution >= 0.6 is 0 Å². The van der Waals surface area contributed by atoms with Crippen LogP contribution in [0.4, 0.5) is 4.79 Å². The van der Waals surface area contributed by atoms with Crippen molar-refractivity contribution in [2.75, 3.05) is 19.7 Å². The summed E-state index contributed by atoms with van der Waals surface area (Å²) >= 11 is 0. The molecule has 0 aromatic carbocycles. The zero-order chi connectivity index (χ0) is 20.1. The number of ether oxygens (including phenoxy) is 3. The van der Waals surface area contributed by atoms with Gasteiger partial charge in [-0.3, -0.25) is 9.59 Å². The van der Waals surface area contributed by atoms with Crippen LogP contribution in [0.15, 0.2) is 0 Å². The molecule has 0 aromatic heterocycles. The molecule has 1 rings (SSSR count). The number of esters is 1. The second-order valence-corrected chi connectivity index (χ2v) is 8.55. The standard InChI is InChI=1S/C18H32N2O6/c1-12-9-20(14(21)11-24-12)10-13(8-15(22)25-17(2,3)4)19-16(23)26-18(5,6)7/h12-13H,8-11H2,1-7H3,(H,19,23)/t12-,13-/m0/s1. The summed E-state index contributed by atoms with van der Waals surface area (Å²) in [5.41, 5.74) is -1.29. The number of rotatable bonds is 5. The minimum Gasteiger partial charge on any atom is -0.460 e. The summed E-state index contributed by atoms with van der Waals surface area (Å²) in [5.74, 6) is -0.629. The normalized spacial score (nSPS) is 19.7. The molecule has 1 aliphatic heterocycles. The first-order valence-corrected chi connectivity index (χ1v) is 8.86. The van der Waals surface area contributed by atoms with Crippen LogP contribution in [0.1, 0.15) is 54.9 Å². The van der Waals surface area contributed by atoms with Crippen molar-refractivity contribution in [3.8, 4) is 0 Å². The van der Waals surface area contributed by atoms with Crippen LogP contribution in [0.3, 0.4) is 0 Å². The number of alkyl carbamates (subject to hydrolysis) is 1. The smallest absolute Gasteiger partial charge is 0.407 e. The van der Waals surface area contributed by atoms with Gasteiger partial charge < -0.3 is 24.4 Å². The summed E-state index contributed by atoms with van der Waals surface area (Å²) in [6, 6.07) is -0.617. The van der Waals surface area contributed by atoms with E-state index in [1.54, 1.807) is 46.4 Å². The Bertz CT molecular complexity index is 491. The molecular weight excluding hydrogens is 340 g/mol. The van der Waals surface area contributed by atoms with Crippen molar-refractivity contribution in [3.05, 3.63) is 0 Å². The number of nitrogens with one attached hydrogen (secondary N) is 1. The first kappa shape index (κ1) is 22.2. The van der Waals surface area contributed by atoms with Crippen molar-refractivity contribution >= 4 is 18.0 Å². The molecule has 0 spiro atoms. The third-order valence-electron chi connectivity index (χ3n) is 3.32. The van der Waals surface area contributed by atoms with E-state index in [2.05, 4.69) is 5.32 Å². The predicted molar refractivity (Wildman–Crippen MR) is 95.6 cm³/mol. The first-order chi connectivity index (χ1) is 11.7. The Balaban J connectivity index is 2.78. The van der Waals surface area contributed by atoms with Crippen LogP contribution in [0.25, 0.3) is 0 Å². The Labute approximate surface area is 155 Å². The highest BCUT2D eigenvalue weighted by molar-refractivity contribution is 5.78. The zero-order valence-electron chi connectivity index (χ0n) is 16.9. The molecule has 1 N–H and O–H groups in total. The van der Waals surface area contributed by atoms with Crippen LogP contribution in [0.2, 0.25) is 0 Å². The van der Waals surface area contributed by atoms with Gasteiger partial charge in [0.25, 0.3) is 0 Å². The fraction of sp³-hybridized carbons (Fsp3) is 0.833. The maximum absolute atomic E-state index is 12.2. The fourth-order valence-electron chi connectivity index (χ4n) is 2.43. The molecule has 0 saturated carbocycles. The lowest BCUT2D eigenvalue weighted by atomic mass is 10.1. The predicted octanol–water partition coefficient (Wildman–Crippen LogP) is 1.86. The van der Waals surface area contributed by atoms with E-state index >= 15 is 0 Å². The first-order valence-electron chi connectivity index (χ1n) is 8.86. The summed E-state index contributed by atoms with van der Waals surface area (Å²) in [6.45, 7) is 13.0. The molecule has 0 aromatic rings. The van der Waals surface area contributed by atoms with Crippen LogP contribution < -0.4 is 5.32 Å². The highest BCUT2D eigenvalue weighted by atomic mass is 16.6. The number of amides is 2. The molecule has 0 bridgehead atoms. The van der Waals surface area contributed by atoms with Crippen molar-refractivity contribution < 1.29 is 28.6 Å². The van der Waals surface area contributed by atoms with Gasteiger partial charge >= 0.3 is 12.1 Å². The van der Waals surface area contributed by atoms with Gasteiger partial charge in [0.2, 0.25) is 5.91 Å². The third kappa shape index (κ3) is 9.03. The maximum Gasteiger partial charge on any atom is 0.407 e. The van der Waals surface area contributed by atoms with Gasteiger partial charge in [0.05, 0.1) is 18.6 Å². The number of hydrogen-bond acceptors (Lipinski definition) is 6. The number of carbonyl (C=O) groups excluding carboxylic acids is 3. The number of hydrogen-bond donors (Lipinski definition) is 1. The Kier molecular flexibility index (Phi) is 7.44. The van der Waals surface area contributed by atoms with E-state index in [-0.39, 0.29) is 31.6 Å². The molecule has 0 aliphatic carbocycles. The van der Waals surface area contributed by atoms with E-state index in [1.807, 2.05) is 6.92 Å². The highest BCUT2D eigenvalue weighted by Gasteiger charge is 2.30. The van der Waals surface area contributed by atoms with E-state index < -0.39 is 29.3 Å². The molecule has 1 aliphatic rings. The SMILES string of the molecule is C[C@H]1CN(C[C@H](CC(=O)OC(C)(C)C)NC(=O)OC(C)(C)C)C(=O)CO1. The van der Waals surface area contributed by atoms with Crippen molar-refractivity contribution in [2.24, 2.45) is 0 Å². The molecule has 1 fully saturated rings. The summed E-state index contributed by atoms with van der Waals surface area (Å²) in [6.07, 6.45) is -0.800. The van der Waals surface area contributed by atoms with E-state index in [0.717, 1.165) is 0 Å². The van der Waals surface area contributed by atoms with Gasteiger partial charge in [-0.2, -0.15) is 0 Å². The van der Waals surface area contributed by atoms with Crippen molar-refractivity contribution in [3.63, 3.8) is 0 Å². The molecule has 1 saturated heterocycles. The van der Waals surface area contributed by atoms with Crippen molar-refractivity contribution in [1.29, 1.82) is 0 Å². The Hall–Kier alpha value is -1.83. The van der Waals surface area contributed by atoms with Gasteiger partial charge in [0.15, 0.2) is 0 Å². The second-order valence-electron chi connectivity index (χ2n) is 8.55. The number of nitrogens with zero attached hydrogens (tertiary/aromatic N) is 1. The second kappa shape index (κ2) is 8.70. The molecule has 0 unspecified atom stereocenters. The quantitative estimate of drug-likeness (QED) is 0.740. The molecular formula is C18H32N2O6. The van der Waals surface area contributed by atoms with Gasteiger partial charge in [-0.05, 0) is 48.5 Å². The molecule has 8 nitrogen and oxygen atoms in total. The molecule has 8 heteroatoms. The molecule has 2 atom stereocenters. The van der Waals surface area contributed by atoms with Crippen molar-refractivity contribution in [1.82, 2.24) is 10.2 Å². The monoisotopic (exact) mass is 372 g/mol. The van der Waals surface area contributed by atoms with Crippen LogP contribution in [0.5, 0.6) is 0 Å². The number of carbonyl (C=O) groups is 3. The van der Waals surface area contributed by atoms with Crippen LogP contribution in [0, 0.1) is 0 Å². The Morgan fingerprint density at radius 1 is 1.19 bits per heavy atom. The van der Waals surface area contributed by atoms with Gasteiger partial charge in [0.1, 0.15) is 17.8 Å². The molecule has 150 valence electrons. The summed E-state index contributed by atoms with van der Waals surface area (Å²) in [7, 11) is 0. The van der Waals surface area contributed by atoms with Crippen LogP contribution in [-0.4, -0.2) is 65.9 Å². The van der Waals surface area contributed by atoms with E-state index in [0.29, 0.717) is 6.54 Å². The van der Waals surface area contributed by atoms with E-state index in [9.17, 15) is 14.4 Å². The number of morpholine rings is 1. The average Bonchev–Trinajstić information content (AvgIpc) is 2.38. The highest BCUT2D eigenvalue weighted by Crippen LogP contribution is 2.13. The largest absolute Gasteiger partial charge is 0.460 e. The minimum absolute atomic E-state index is 0.00718. The summed E-state index contributed by atoms with van der Waals surface area (Å²) in [5, 5.41) is 2.68. The lowest BCUT2D eigenvalue weighted by molar-refractivity contribution is -0.156. The minimum atomic E-state index is -0.663.